The monoisotopic (exact) mass is 421 g/mol. The Hall–Kier alpha value is -3.56. The number of hydrogen-bond donors (Lipinski definition) is 2. The Morgan fingerprint density at radius 2 is 1.90 bits per heavy atom. The Kier molecular flexibility index (Phi) is 5.06. The minimum absolute atomic E-state index is 0.00291. The zero-order valence-corrected chi connectivity index (χ0v) is 16.9. The number of primary sulfonamides is 1. The fourth-order valence-electron chi connectivity index (χ4n) is 3.14. The smallest absolute Gasteiger partial charge is 0.238 e. The number of benzene rings is 2. The average Bonchev–Trinajstić information content (AvgIpc) is 3.17. The van der Waals surface area contributed by atoms with Gasteiger partial charge in [0.1, 0.15) is 0 Å². The van der Waals surface area contributed by atoms with Gasteiger partial charge in [-0.3, -0.25) is 9.20 Å². The topological polar surface area (TPSA) is 119 Å². The second-order valence-electron chi connectivity index (χ2n) is 6.79. The van der Waals surface area contributed by atoms with Crippen molar-refractivity contribution in [2.45, 2.75) is 18.4 Å². The first kappa shape index (κ1) is 19.7. The number of nitrogens with two attached hydrogens (primary N) is 1. The van der Waals surface area contributed by atoms with Crippen LogP contribution in [0.25, 0.3) is 16.9 Å². The molecule has 0 aliphatic heterocycles. The highest BCUT2D eigenvalue weighted by molar-refractivity contribution is 7.89. The number of imidazole rings is 1. The molecule has 30 heavy (non-hydrogen) atoms. The van der Waals surface area contributed by atoms with E-state index in [1.165, 1.54) is 19.1 Å². The van der Waals surface area contributed by atoms with Crippen molar-refractivity contribution < 1.29 is 13.2 Å². The van der Waals surface area contributed by atoms with Gasteiger partial charge in [0, 0.05) is 30.1 Å². The van der Waals surface area contributed by atoms with E-state index < -0.39 is 10.0 Å². The molecule has 3 N–H and O–H groups in total. The van der Waals surface area contributed by atoms with Crippen LogP contribution in [0, 0.1) is 0 Å². The van der Waals surface area contributed by atoms with Crippen LogP contribution in [-0.4, -0.2) is 28.6 Å². The van der Waals surface area contributed by atoms with Gasteiger partial charge in [0.05, 0.1) is 16.8 Å². The summed E-state index contributed by atoms with van der Waals surface area (Å²) in [6, 6.07) is 13.7. The highest BCUT2D eigenvalue weighted by Crippen LogP contribution is 2.24. The maximum Gasteiger partial charge on any atom is 0.238 e. The van der Waals surface area contributed by atoms with E-state index in [0.29, 0.717) is 23.6 Å². The van der Waals surface area contributed by atoms with Crippen molar-refractivity contribution in [3.8, 4) is 11.3 Å². The molecule has 8 nitrogen and oxygen atoms in total. The molecule has 0 saturated heterocycles. The van der Waals surface area contributed by atoms with Crippen molar-refractivity contribution in [2.75, 3.05) is 5.32 Å². The fraction of sp³-hybridized carbons (Fsp3) is 0.0952. The highest BCUT2D eigenvalue weighted by Gasteiger charge is 2.12. The van der Waals surface area contributed by atoms with Crippen molar-refractivity contribution >= 4 is 27.3 Å². The third-order valence-electron chi connectivity index (χ3n) is 4.70. The summed E-state index contributed by atoms with van der Waals surface area (Å²) in [6.07, 6.45) is 5.21. The molecule has 4 aromatic rings. The number of fused-ring (bicyclic) bond motifs is 1. The minimum Gasteiger partial charge on any atom is -0.363 e. The molecular weight excluding hydrogens is 402 g/mol. The van der Waals surface area contributed by atoms with Crippen LogP contribution < -0.4 is 10.5 Å². The third-order valence-corrected chi connectivity index (χ3v) is 5.63. The lowest BCUT2D eigenvalue weighted by atomic mass is 10.1. The number of hydrogen-bond acceptors (Lipinski definition) is 6. The van der Waals surface area contributed by atoms with E-state index in [-0.39, 0.29) is 10.7 Å². The number of nitrogens with one attached hydrogen (secondary N) is 1. The van der Waals surface area contributed by atoms with Gasteiger partial charge in [0.2, 0.25) is 10.0 Å². The van der Waals surface area contributed by atoms with E-state index in [4.69, 9.17) is 5.14 Å². The summed E-state index contributed by atoms with van der Waals surface area (Å²) in [4.78, 5) is 20.6. The number of anilines is 1. The van der Waals surface area contributed by atoms with E-state index >= 15 is 0 Å². The van der Waals surface area contributed by atoms with Crippen LogP contribution in [0.15, 0.2) is 72.0 Å². The molecular formula is C21H19N5O3S. The number of ketones is 1. The number of sulfonamides is 1. The number of aromatic nitrogens is 3. The van der Waals surface area contributed by atoms with Crippen molar-refractivity contribution in [3.63, 3.8) is 0 Å². The van der Waals surface area contributed by atoms with E-state index in [1.54, 1.807) is 30.6 Å². The second kappa shape index (κ2) is 7.69. The Morgan fingerprint density at radius 1 is 1.13 bits per heavy atom. The van der Waals surface area contributed by atoms with Gasteiger partial charge in [-0.1, -0.05) is 30.3 Å². The highest BCUT2D eigenvalue weighted by atomic mass is 32.2. The Labute approximate surface area is 173 Å². The van der Waals surface area contributed by atoms with Crippen LogP contribution in [0.5, 0.6) is 0 Å². The molecule has 9 heteroatoms. The zero-order chi connectivity index (χ0) is 21.3. The summed E-state index contributed by atoms with van der Waals surface area (Å²) in [5.74, 6) is 0.588. The van der Waals surface area contributed by atoms with Gasteiger partial charge in [-0.15, -0.1) is 0 Å². The molecule has 0 bridgehead atoms. The van der Waals surface area contributed by atoms with Gasteiger partial charge in [0.15, 0.2) is 17.2 Å². The molecule has 152 valence electrons. The second-order valence-corrected chi connectivity index (χ2v) is 8.35. The normalized spacial score (nSPS) is 11.5. The first-order valence-electron chi connectivity index (χ1n) is 9.12. The Balaban J connectivity index is 1.61. The summed E-state index contributed by atoms with van der Waals surface area (Å²) in [6.45, 7) is 1.97. The predicted octanol–water partition coefficient (Wildman–Crippen LogP) is 2.86. The molecule has 2 heterocycles. The molecule has 0 unspecified atom stereocenters. The Morgan fingerprint density at radius 3 is 2.60 bits per heavy atom. The zero-order valence-electron chi connectivity index (χ0n) is 16.1. The van der Waals surface area contributed by atoms with Crippen LogP contribution in [0.1, 0.15) is 22.8 Å². The van der Waals surface area contributed by atoms with Gasteiger partial charge < -0.3 is 5.32 Å². The third kappa shape index (κ3) is 3.93. The molecule has 4 rings (SSSR count). The standard InChI is InChI=1S/C21H19N5O3S/c1-14(27)16-3-2-4-17(11-16)19-13-25-21-20(23-9-10-26(19)21)24-12-15-5-7-18(8-6-15)30(22,28)29/h2-11,13H,12H2,1H3,(H,23,24)(H2,22,28,29). The molecule has 0 fully saturated rings. The van der Waals surface area contributed by atoms with Crippen molar-refractivity contribution in [2.24, 2.45) is 5.14 Å². The Bertz CT molecular complexity index is 1340. The average molecular weight is 421 g/mol. The fourth-order valence-corrected chi connectivity index (χ4v) is 3.65. The SMILES string of the molecule is CC(=O)c1cccc(-c2cnc3c(NCc4ccc(S(N)(=O)=O)cc4)nccn23)c1. The lowest BCUT2D eigenvalue weighted by molar-refractivity contribution is 0.101. The van der Waals surface area contributed by atoms with Gasteiger partial charge in [-0.2, -0.15) is 0 Å². The lowest BCUT2D eigenvalue weighted by Crippen LogP contribution is -2.12. The lowest BCUT2D eigenvalue weighted by Gasteiger charge is -2.09. The molecule has 0 aliphatic carbocycles. The van der Waals surface area contributed by atoms with Crippen molar-refractivity contribution in [1.82, 2.24) is 14.4 Å². The molecule has 2 aromatic carbocycles. The molecule has 0 saturated carbocycles. The molecule has 0 amide bonds. The number of Topliss-reactive ketones (excluding diaryl/α,β-unsaturated/α-hetero) is 1. The molecule has 2 aromatic heterocycles. The van der Waals surface area contributed by atoms with Crippen molar-refractivity contribution in [3.05, 3.63) is 78.2 Å². The van der Waals surface area contributed by atoms with Gasteiger partial charge in [-0.25, -0.2) is 23.5 Å². The summed E-state index contributed by atoms with van der Waals surface area (Å²) in [5, 5.41) is 8.35. The number of rotatable bonds is 6. The first-order valence-corrected chi connectivity index (χ1v) is 10.7. The van der Waals surface area contributed by atoms with Crippen LogP contribution in [-0.2, 0) is 16.6 Å². The maximum atomic E-state index is 11.7. The molecule has 0 atom stereocenters. The molecule has 0 aliphatic rings. The number of nitrogens with zero attached hydrogens (tertiary/aromatic N) is 3. The first-order chi connectivity index (χ1) is 14.3. The van der Waals surface area contributed by atoms with Crippen molar-refractivity contribution in [1.29, 1.82) is 0 Å². The summed E-state index contributed by atoms with van der Waals surface area (Å²) < 4.78 is 24.6. The maximum absolute atomic E-state index is 11.7. The van der Waals surface area contributed by atoms with Crippen LogP contribution >= 0.6 is 0 Å². The van der Waals surface area contributed by atoms with E-state index in [2.05, 4.69) is 15.3 Å². The summed E-state index contributed by atoms with van der Waals surface area (Å²) in [7, 11) is -3.71. The van der Waals surface area contributed by atoms with Gasteiger partial charge >= 0.3 is 0 Å². The van der Waals surface area contributed by atoms with E-state index in [1.807, 2.05) is 28.8 Å². The van der Waals surface area contributed by atoms with Crippen LogP contribution in [0.3, 0.4) is 0 Å². The predicted molar refractivity (Wildman–Crippen MR) is 114 cm³/mol. The van der Waals surface area contributed by atoms with E-state index in [9.17, 15) is 13.2 Å². The van der Waals surface area contributed by atoms with Gasteiger partial charge in [-0.05, 0) is 30.7 Å². The van der Waals surface area contributed by atoms with Crippen LogP contribution in [0.4, 0.5) is 5.82 Å². The number of carbonyl (C=O) groups excluding carboxylic acids is 1. The molecule has 0 radical (unpaired) electrons. The van der Waals surface area contributed by atoms with Gasteiger partial charge in [0.25, 0.3) is 0 Å². The largest absolute Gasteiger partial charge is 0.363 e. The van der Waals surface area contributed by atoms with E-state index in [0.717, 1.165) is 16.8 Å². The number of carbonyl (C=O) groups is 1. The summed E-state index contributed by atoms with van der Waals surface area (Å²) >= 11 is 0. The summed E-state index contributed by atoms with van der Waals surface area (Å²) in [5.41, 5.74) is 3.87. The minimum atomic E-state index is -3.71. The van der Waals surface area contributed by atoms with Crippen LogP contribution in [0.2, 0.25) is 0 Å². The molecule has 0 spiro atoms. The quantitative estimate of drug-likeness (QED) is 0.462.